The van der Waals surface area contributed by atoms with Gasteiger partial charge in [0, 0.05) is 18.7 Å². The van der Waals surface area contributed by atoms with Crippen LogP contribution in [0.15, 0.2) is 29.3 Å². The van der Waals surface area contributed by atoms with Crippen molar-refractivity contribution in [3.05, 3.63) is 40.5 Å². The molecule has 1 heterocycles. The highest BCUT2D eigenvalue weighted by Gasteiger charge is 2.18. The maximum Gasteiger partial charge on any atom is 0.337 e. The van der Waals surface area contributed by atoms with Crippen LogP contribution in [0.3, 0.4) is 0 Å². The van der Waals surface area contributed by atoms with Crippen LogP contribution in [0.2, 0.25) is 0 Å². The molecular formula is C14H16N2O3. The van der Waals surface area contributed by atoms with Gasteiger partial charge in [0.2, 0.25) is 0 Å². The average Bonchev–Trinajstić information content (AvgIpc) is 2.28. The molecule has 1 fully saturated rings. The highest BCUT2D eigenvalue weighted by Crippen LogP contribution is 2.19. The SMILES string of the molecule is CC(C(=O)Nc1ccc(C)cc1C(=O)O)=C1CNC1. The van der Waals surface area contributed by atoms with Gasteiger partial charge in [0.1, 0.15) is 0 Å². The standard InChI is InChI=1S/C14H16N2O3/c1-8-3-4-12(11(5-8)14(18)19)16-13(17)9(2)10-6-15-7-10/h3-5,15H,6-7H2,1-2H3,(H,16,17)(H,18,19). The van der Waals surface area contributed by atoms with Gasteiger partial charge >= 0.3 is 5.97 Å². The lowest BCUT2D eigenvalue weighted by molar-refractivity contribution is -0.112. The first-order valence-corrected chi connectivity index (χ1v) is 6.03. The third-order valence-electron chi connectivity index (χ3n) is 3.20. The van der Waals surface area contributed by atoms with E-state index in [1.54, 1.807) is 25.1 Å². The number of amides is 1. The van der Waals surface area contributed by atoms with Crippen molar-refractivity contribution in [1.29, 1.82) is 0 Å². The number of aryl methyl sites for hydroxylation is 1. The maximum absolute atomic E-state index is 12.0. The normalized spacial score (nSPS) is 13.7. The van der Waals surface area contributed by atoms with E-state index in [2.05, 4.69) is 10.6 Å². The van der Waals surface area contributed by atoms with Crippen LogP contribution in [0.25, 0.3) is 0 Å². The summed E-state index contributed by atoms with van der Waals surface area (Å²) in [6.45, 7) is 5.00. The third-order valence-corrected chi connectivity index (χ3v) is 3.20. The topological polar surface area (TPSA) is 78.4 Å². The summed E-state index contributed by atoms with van der Waals surface area (Å²) in [6, 6.07) is 4.94. The largest absolute Gasteiger partial charge is 0.478 e. The number of hydrogen-bond donors (Lipinski definition) is 3. The van der Waals surface area contributed by atoms with Gasteiger partial charge in [-0.3, -0.25) is 4.79 Å². The van der Waals surface area contributed by atoms with Crippen LogP contribution in [0, 0.1) is 6.92 Å². The number of rotatable bonds is 3. The van der Waals surface area contributed by atoms with Crippen molar-refractivity contribution < 1.29 is 14.7 Å². The second-order valence-corrected chi connectivity index (χ2v) is 4.64. The van der Waals surface area contributed by atoms with E-state index < -0.39 is 5.97 Å². The molecule has 3 N–H and O–H groups in total. The number of carbonyl (C=O) groups is 2. The van der Waals surface area contributed by atoms with Crippen LogP contribution in [0.1, 0.15) is 22.8 Å². The zero-order chi connectivity index (χ0) is 14.0. The minimum absolute atomic E-state index is 0.109. The molecule has 0 aromatic heterocycles. The summed E-state index contributed by atoms with van der Waals surface area (Å²) in [5.74, 6) is -1.29. The first-order valence-electron chi connectivity index (χ1n) is 6.03. The van der Waals surface area contributed by atoms with Crippen molar-refractivity contribution in [3.8, 4) is 0 Å². The van der Waals surface area contributed by atoms with Crippen molar-refractivity contribution in [1.82, 2.24) is 5.32 Å². The van der Waals surface area contributed by atoms with Crippen molar-refractivity contribution >= 4 is 17.6 Å². The van der Waals surface area contributed by atoms with E-state index in [9.17, 15) is 9.59 Å². The summed E-state index contributed by atoms with van der Waals surface area (Å²) in [5.41, 5.74) is 2.99. The Morgan fingerprint density at radius 3 is 2.53 bits per heavy atom. The molecule has 0 aliphatic carbocycles. The van der Waals surface area contributed by atoms with Crippen LogP contribution < -0.4 is 10.6 Å². The van der Waals surface area contributed by atoms with Crippen LogP contribution in [-0.2, 0) is 4.79 Å². The second kappa shape index (κ2) is 5.24. The van der Waals surface area contributed by atoms with E-state index in [1.165, 1.54) is 0 Å². The highest BCUT2D eigenvalue weighted by atomic mass is 16.4. The van der Waals surface area contributed by atoms with E-state index in [-0.39, 0.29) is 11.5 Å². The Hall–Kier alpha value is -2.14. The fourth-order valence-corrected chi connectivity index (χ4v) is 1.84. The molecule has 19 heavy (non-hydrogen) atoms. The van der Waals surface area contributed by atoms with Crippen molar-refractivity contribution in [3.63, 3.8) is 0 Å². The summed E-state index contributed by atoms with van der Waals surface area (Å²) in [6.07, 6.45) is 0. The van der Waals surface area contributed by atoms with Crippen molar-refractivity contribution in [2.45, 2.75) is 13.8 Å². The minimum atomic E-state index is -1.05. The van der Waals surface area contributed by atoms with Gasteiger partial charge in [0.25, 0.3) is 5.91 Å². The number of aromatic carboxylic acids is 1. The summed E-state index contributed by atoms with van der Waals surface area (Å²) in [4.78, 5) is 23.2. The van der Waals surface area contributed by atoms with Gasteiger partial charge in [-0.1, -0.05) is 11.6 Å². The molecule has 0 radical (unpaired) electrons. The lowest BCUT2D eigenvalue weighted by atomic mass is 10.0. The van der Waals surface area contributed by atoms with Crippen molar-refractivity contribution in [2.24, 2.45) is 0 Å². The van der Waals surface area contributed by atoms with E-state index >= 15 is 0 Å². The molecule has 1 amide bonds. The summed E-state index contributed by atoms with van der Waals surface area (Å²) in [5, 5.41) is 14.9. The molecule has 1 saturated heterocycles. The number of anilines is 1. The first-order chi connectivity index (χ1) is 8.99. The average molecular weight is 260 g/mol. The Balaban J connectivity index is 2.24. The Morgan fingerprint density at radius 2 is 2.00 bits per heavy atom. The molecular weight excluding hydrogens is 244 g/mol. The zero-order valence-corrected chi connectivity index (χ0v) is 10.9. The molecule has 100 valence electrons. The molecule has 5 nitrogen and oxygen atoms in total. The molecule has 0 saturated carbocycles. The van der Waals surface area contributed by atoms with Gasteiger partial charge in [0.15, 0.2) is 0 Å². The minimum Gasteiger partial charge on any atom is -0.478 e. The zero-order valence-electron chi connectivity index (χ0n) is 10.9. The maximum atomic E-state index is 12.0. The van der Waals surface area contributed by atoms with E-state index in [0.717, 1.165) is 24.2 Å². The van der Waals surface area contributed by atoms with E-state index in [1.807, 2.05) is 6.92 Å². The number of benzene rings is 1. The summed E-state index contributed by atoms with van der Waals surface area (Å²) >= 11 is 0. The number of carbonyl (C=O) groups excluding carboxylic acids is 1. The molecule has 0 unspecified atom stereocenters. The van der Waals surface area contributed by atoms with Crippen molar-refractivity contribution in [2.75, 3.05) is 18.4 Å². The quantitative estimate of drug-likeness (QED) is 0.720. The second-order valence-electron chi connectivity index (χ2n) is 4.64. The van der Waals surface area contributed by atoms with Crippen LogP contribution in [0.4, 0.5) is 5.69 Å². The molecule has 1 aromatic carbocycles. The predicted molar refractivity (Wildman–Crippen MR) is 72.3 cm³/mol. The lowest BCUT2D eigenvalue weighted by Crippen LogP contribution is -2.36. The number of carboxylic acids is 1. The van der Waals surface area contributed by atoms with E-state index in [4.69, 9.17) is 5.11 Å². The monoisotopic (exact) mass is 260 g/mol. The van der Waals surface area contributed by atoms with Crippen LogP contribution >= 0.6 is 0 Å². The number of nitrogens with one attached hydrogen (secondary N) is 2. The molecule has 2 rings (SSSR count). The Morgan fingerprint density at radius 1 is 1.32 bits per heavy atom. The van der Waals surface area contributed by atoms with Gasteiger partial charge in [-0.2, -0.15) is 0 Å². The Kier molecular flexibility index (Phi) is 3.66. The van der Waals surface area contributed by atoms with Gasteiger partial charge in [-0.25, -0.2) is 4.79 Å². The molecule has 0 spiro atoms. The Labute approximate surface area is 111 Å². The third kappa shape index (κ3) is 2.82. The predicted octanol–water partition coefficient (Wildman–Crippen LogP) is 1.55. The molecule has 1 aromatic rings. The van der Waals surface area contributed by atoms with Crippen LogP contribution in [0.5, 0.6) is 0 Å². The smallest absolute Gasteiger partial charge is 0.337 e. The Bertz CT molecular complexity index is 570. The number of carboxylic acid groups (broad SMARTS) is 1. The fourth-order valence-electron chi connectivity index (χ4n) is 1.84. The highest BCUT2D eigenvalue weighted by molar-refractivity contribution is 6.07. The van der Waals surface area contributed by atoms with Crippen LogP contribution in [-0.4, -0.2) is 30.1 Å². The lowest BCUT2D eigenvalue weighted by Gasteiger charge is -2.21. The molecule has 1 aliphatic heterocycles. The number of hydrogen-bond acceptors (Lipinski definition) is 3. The summed E-state index contributed by atoms with van der Waals surface area (Å²) < 4.78 is 0. The molecule has 0 atom stereocenters. The van der Waals surface area contributed by atoms with Gasteiger partial charge < -0.3 is 15.7 Å². The van der Waals surface area contributed by atoms with Gasteiger partial charge in [-0.05, 0) is 31.6 Å². The fraction of sp³-hybridized carbons (Fsp3) is 0.286. The molecule has 5 heteroatoms. The molecule has 0 bridgehead atoms. The van der Waals surface area contributed by atoms with Gasteiger partial charge in [-0.15, -0.1) is 0 Å². The summed E-state index contributed by atoms with van der Waals surface area (Å²) in [7, 11) is 0. The van der Waals surface area contributed by atoms with Gasteiger partial charge in [0.05, 0.1) is 11.3 Å². The first kappa shape index (κ1) is 13.3. The molecule has 1 aliphatic rings. The van der Waals surface area contributed by atoms with E-state index in [0.29, 0.717) is 11.3 Å².